The van der Waals surface area contributed by atoms with Crippen LogP contribution in [-0.4, -0.2) is 36.5 Å². The van der Waals surface area contributed by atoms with E-state index in [1.54, 1.807) is 4.90 Å². The standard InChI is InChI=1S/C16H22ClNO3/c1-12(2)18(11-16(20)21-3)15(19)6-4-5-13-7-9-14(17)10-8-13/h7-10,12H,4-6,11H2,1-3H3. The molecule has 0 N–H and O–H groups in total. The number of rotatable bonds is 7. The summed E-state index contributed by atoms with van der Waals surface area (Å²) >= 11 is 5.83. The summed E-state index contributed by atoms with van der Waals surface area (Å²) in [5.74, 6) is -0.417. The molecule has 0 saturated heterocycles. The number of aryl methyl sites for hydroxylation is 1. The Labute approximate surface area is 131 Å². The van der Waals surface area contributed by atoms with Crippen LogP contribution in [-0.2, 0) is 20.7 Å². The van der Waals surface area contributed by atoms with E-state index in [2.05, 4.69) is 4.74 Å². The van der Waals surface area contributed by atoms with Crippen LogP contribution in [0.4, 0.5) is 0 Å². The third-order valence-corrected chi connectivity index (χ3v) is 3.49. The molecule has 0 aromatic heterocycles. The SMILES string of the molecule is COC(=O)CN(C(=O)CCCc1ccc(Cl)cc1)C(C)C. The van der Waals surface area contributed by atoms with Gasteiger partial charge in [-0.25, -0.2) is 0 Å². The number of amides is 1. The predicted octanol–water partition coefficient (Wildman–Crippen LogP) is 3.07. The summed E-state index contributed by atoms with van der Waals surface area (Å²) in [6, 6.07) is 7.59. The number of halogens is 1. The van der Waals surface area contributed by atoms with Gasteiger partial charge in [0.25, 0.3) is 0 Å². The first kappa shape index (κ1) is 17.5. The van der Waals surface area contributed by atoms with Crippen LogP contribution in [0.3, 0.4) is 0 Å². The Bertz CT molecular complexity index is 471. The zero-order valence-corrected chi connectivity index (χ0v) is 13.5. The van der Waals surface area contributed by atoms with Crippen molar-refractivity contribution in [3.63, 3.8) is 0 Å². The molecule has 0 aliphatic heterocycles. The lowest BCUT2D eigenvalue weighted by Gasteiger charge is -2.25. The lowest BCUT2D eigenvalue weighted by Crippen LogP contribution is -2.41. The molecule has 21 heavy (non-hydrogen) atoms. The normalized spacial score (nSPS) is 10.5. The molecule has 0 fully saturated rings. The van der Waals surface area contributed by atoms with E-state index in [1.807, 2.05) is 38.1 Å². The molecule has 1 amide bonds. The first-order chi connectivity index (χ1) is 9.93. The average molecular weight is 312 g/mol. The Morgan fingerprint density at radius 3 is 2.38 bits per heavy atom. The molecule has 0 atom stereocenters. The zero-order valence-electron chi connectivity index (χ0n) is 12.8. The number of carbonyl (C=O) groups excluding carboxylic acids is 2. The number of carbonyl (C=O) groups is 2. The monoisotopic (exact) mass is 311 g/mol. The highest BCUT2D eigenvalue weighted by Gasteiger charge is 2.19. The average Bonchev–Trinajstić information content (AvgIpc) is 2.46. The summed E-state index contributed by atoms with van der Waals surface area (Å²) in [4.78, 5) is 25.1. The molecule has 0 aliphatic rings. The van der Waals surface area contributed by atoms with Gasteiger partial charge in [0, 0.05) is 17.5 Å². The van der Waals surface area contributed by atoms with E-state index in [-0.39, 0.29) is 18.5 Å². The number of benzene rings is 1. The Balaban J connectivity index is 2.46. The van der Waals surface area contributed by atoms with Gasteiger partial charge >= 0.3 is 5.97 Å². The molecule has 0 bridgehead atoms. The van der Waals surface area contributed by atoms with Gasteiger partial charge in [-0.1, -0.05) is 23.7 Å². The van der Waals surface area contributed by atoms with Gasteiger partial charge in [0.15, 0.2) is 0 Å². The van der Waals surface area contributed by atoms with E-state index < -0.39 is 5.97 Å². The fourth-order valence-corrected chi connectivity index (χ4v) is 2.13. The first-order valence-corrected chi connectivity index (χ1v) is 7.42. The molecular formula is C16H22ClNO3. The zero-order chi connectivity index (χ0) is 15.8. The lowest BCUT2D eigenvalue weighted by atomic mass is 10.1. The van der Waals surface area contributed by atoms with E-state index in [4.69, 9.17) is 11.6 Å². The van der Waals surface area contributed by atoms with Crippen LogP contribution < -0.4 is 0 Å². The minimum atomic E-state index is -0.394. The van der Waals surface area contributed by atoms with Crippen molar-refractivity contribution >= 4 is 23.5 Å². The maximum atomic E-state index is 12.2. The maximum Gasteiger partial charge on any atom is 0.325 e. The van der Waals surface area contributed by atoms with Crippen LogP contribution in [0, 0.1) is 0 Å². The van der Waals surface area contributed by atoms with Crippen LogP contribution in [0.2, 0.25) is 5.02 Å². The number of hydrogen-bond acceptors (Lipinski definition) is 3. The second-order valence-electron chi connectivity index (χ2n) is 5.17. The minimum Gasteiger partial charge on any atom is -0.468 e. The van der Waals surface area contributed by atoms with Gasteiger partial charge in [0.1, 0.15) is 6.54 Å². The third kappa shape index (κ3) is 6.17. The van der Waals surface area contributed by atoms with Gasteiger partial charge < -0.3 is 9.64 Å². The molecule has 0 spiro atoms. The van der Waals surface area contributed by atoms with E-state index in [0.29, 0.717) is 11.4 Å². The van der Waals surface area contributed by atoms with Crippen molar-refractivity contribution in [2.45, 2.75) is 39.2 Å². The van der Waals surface area contributed by atoms with E-state index >= 15 is 0 Å². The van der Waals surface area contributed by atoms with Crippen LogP contribution in [0.15, 0.2) is 24.3 Å². The van der Waals surface area contributed by atoms with E-state index in [0.717, 1.165) is 18.4 Å². The van der Waals surface area contributed by atoms with Crippen molar-refractivity contribution in [2.75, 3.05) is 13.7 Å². The van der Waals surface area contributed by atoms with Crippen LogP contribution >= 0.6 is 11.6 Å². The molecular weight excluding hydrogens is 290 g/mol. The lowest BCUT2D eigenvalue weighted by molar-refractivity contribution is -0.148. The van der Waals surface area contributed by atoms with Crippen molar-refractivity contribution < 1.29 is 14.3 Å². The van der Waals surface area contributed by atoms with Crippen LogP contribution in [0.1, 0.15) is 32.3 Å². The Kier molecular flexibility index (Phi) is 7.23. The fourth-order valence-electron chi connectivity index (χ4n) is 2.00. The topological polar surface area (TPSA) is 46.6 Å². The number of methoxy groups -OCH3 is 1. The summed E-state index contributed by atoms with van der Waals surface area (Å²) in [7, 11) is 1.33. The van der Waals surface area contributed by atoms with Crippen molar-refractivity contribution in [3.05, 3.63) is 34.9 Å². The first-order valence-electron chi connectivity index (χ1n) is 7.04. The molecule has 0 unspecified atom stereocenters. The summed E-state index contributed by atoms with van der Waals surface area (Å²) in [6.45, 7) is 3.79. The smallest absolute Gasteiger partial charge is 0.325 e. The van der Waals surface area contributed by atoms with Crippen molar-refractivity contribution in [2.24, 2.45) is 0 Å². The summed E-state index contributed by atoms with van der Waals surface area (Å²) in [6.07, 6.45) is 1.97. The van der Waals surface area contributed by atoms with Crippen LogP contribution in [0.5, 0.6) is 0 Å². The molecule has 1 aromatic rings. The molecule has 116 valence electrons. The molecule has 0 heterocycles. The van der Waals surface area contributed by atoms with E-state index in [1.165, 1.54) is 7.11 Å². The number of ether oxygens (including phenoxy) is 1. The molecule has 0 aliphatic carbocycles. The number of esters is 1. The highest BCUT2D eigenvalue weighted by atomic mass is 35.5. The van der Waals surface area contributed by atoms with Crippen molar-refractivity contribution in [1.82, 2.24) is 4.90 Å². The van der Waals surface area contributed by atoms with Crippen molar-refractivity contribution in [1.29, 1.82) is 0 Å². The highest BCUT2D eigenvalue weighted by molar-refractivity contribution is 6.30. The summed E-state index contributed by atoms with van der Waals surface area (Å²) < 4.78 is 4.62. The molecule has 1 rings (SSSR count). The van der Waals surface area contributed by atoms with Gasteiger partial charge in [-0.3, -0.25) is 9.59 Å². The summed E-state index contributed by atoms with van der Waals surface area (Å²) in [5, 5.41) is 0.707. The quantitative estimate of drug-likeness (QED) is 0.727. The van der Waals surface area contributed by atoms with Gasteiger partial charge in [-0.15, -0.1) is 0 Å². The molecule has 4 nitrogen and oxygen atoms in total. The molecule has 0 saturated carbocycles. The fraction of sp³-hybridized carbons (Fsp3) is 0.500. The second-order valence-corrected chi connectivity index (χ2v) is 5.61. The molecule has 5 heteroatoms. The Morgan fingerprint density at radius 1 is 1.24 bits per heavy atom. The number of nitrogens with zero attached hydrogens (tertiary/aromatic N) is 1. The van der Waals surface area contributed by atoms with E-state index in [9.17, 15) is 9.59 Å². The van der Waals surface area contributed by atoms with Crippen molar-refractivity contribution in [3.8, 4) is 0 Å². The third-order valence-electron chi connectivity index (χ3n) is 3.24. The number of hydrogen-bond donors (Lipinski definition) is 0. The second kappa shape index (κ2) is 8.67. The molecule has 1 aromatic carbocycles. The predicted molar refractivity (Wildman–Crippen MR) is 83.3 cm³/mol. The van der Waals surface area contributed by atoms with Crippen LogP contribution in [0.25, 0.3) is 0 Å². The maximum absolute atomic E-state index is 12.2. The Morgan fingerprint density at radius 2 is 1.86 bits per heavy atom. The molecule has 0 radical (unpaired) electrons. The Hall–Kier alpha value is -1.55. The van der Waals surface area contributed by atoms with Gasteiger partial charge in [-0.2, -0.15) is 0 Å². The summed E-state index contributed by atoms with van der Waals surface area (Å²) in [5.41, 5.74) is 1.15. The van der Waals surface area contributed by atoms with Gasteiger partial charge in [0.05, 0.1) is 7.11 Å². The van der Waals surface area contributed by atoms with Gasteiger partial charge in [-0.05, 0) is 44.4 Å². The largest absolute Gasteiger partial charge is 0.468 e. The highest BCUT2D eigenvalue weighted by Crippen LogP contribution is 2.12. The van der Waals surface area contributed by atoms with Gasteiger partial charge in [0.2, 0.25) is 5.91 Å². The minimum absolute atomic E-state index is 0.00788.